The smallest absolute Gasteiger partial charge is 0.174 e. The predicted molar refractivity (Wildman–Crippen MR) is 142 cm³/mol. The number of anilines is 1. The van der Waals surface area contributed by atoms with Crippen molar-refractivity contribution in [3.63, 3.8) is 0 Å². The molecule has 3 heterocycles. The molecule has 178 valence electrons. The van der Waals surface area contributed by atoms with Gasteiger partial charge >= 0.3 is 0 Å². The number of nitrogens with one attached hydrogen (secondary N) is 1. The Kier molecular flexibility index (Phi) is 6.42. The van der Waals surface area contributed by atoms with Gasteiger partial charge in [0, 0.05) is 29.8 Å². The van der Waals surface area contributed by atoms with Gasteiger partial charge in [-0.05, 0) is 98.9 Å². The molecule has 2 aromatic heterocycles. The van der Waals surface area contributed by atoms with Crippen LogP contribution in [0, 0.1) is 0 Å². The van der Waals surface area contributed by atoms with E-state index in [-0.39, 0.29) is 12.1 Å². The molecule has 35 heavy (non-hydrogen) atoms. The Morgan fingerprint density at radius 2 is 1.57 bits per heavy atom. The number of ether oxygens (including phenoxy) is 2. The fourth-order valence-corrected chi connectivity index (χ4v) is 4.86. The largest absolute Gasteiger partial charge is 0.497 e. The average Bonchev–Trinajstić information content (AvgIpc) is 3.50. The highest BCUT2D eigenvalue weighted by Gasteiger charge is 2.42. The Morgan fingerprint density at radius 1 is 0.886 bits per heavy atom. The van der Waals surface area contributed by atoms with Crippen LogP contribution in [0.1, 0.15) is 43.4 Å². The van der Waals surface area contributed by atoms with Crippen molar-refractivity contribution >= 4 is 23.0 Å². The Labute approximate surface area is 211 Å². The van der Waals surface area contributed by atoms with E-state index in [1.165, 1.54) is 5.69 Å². The van der Waals surface area contributed by atoms with Gasteiger partial charge in [-0.15, -0.1) is 0 Å². The number of aromatic nitrogens is 2. The SMILES string of the molecule is COc1ccc(Oc2ccc(N3C(=S)N[C@H](c4ccccn4)[C@H]3c3cccn3C(C)C)cc2)cc1. The second-order valence-electron chi connectivity index (χ2n) is 8.70. The molecule has 4 aromatic rings. The number of methoxy groups -OCH3 is 1. The van der Waals surface area contributed by atoms with Crippen LogP contribution in [0.4, 0.5) is 5.69 Å². The Bertz CT molecular complexity index is 1290. The van der Waals surface area contributed by atoms with Gasteiger partial charge in [0.05, 0.1) is 18.8 Å². The molecular weight excluding hydrogens is 456 g/mol. The number of nitrogens with zero attached hydrogens (tertiary/aromatic N) is 3. The summed E-state index contributed by atoms with van der Waals surface area (Å²) in [7, 11) is 1.65. The molecule has 1 saturated heterocycles. The molecule has 0 bridgehead atoms. The lowest BCUT2D eigenvalue weighted by Gasteiger charge is -2.30. The topological polar surface area (TPSA) is 51.6 Å². The lowest BCUT2D eigenvalue weighted by molar-refractivity contribution is 0.413. The molecule has 0 radical (unpaired) electrons. The van der Waals surface area contributed by atoms with Crippen molar-refractivity contribution in [3.05, 3.63) is 103 Å². The molecule has 1 N–H and O–H groups in total. The third kappa shape index (κ3) is 4.59. The molecule has 0 amide bonds. The molecule has 0 spiro atoms. The summed E-state index contributed by atoms with van der Waals surface area (Å²) in [6.07, 6.45) is 3.95. The maximum absolute atomic E-state index is 6.03. The van der Waals surface area contributed by atoms with Crippen LogP contribution in [-0.2, 0) is 0 Å². The van der Waals surface area contributed by atoms with Crippen molar-refractivity contribution in [1.82, 2.24) is 14.9 Å². The van der Waals surface area contributed by atoms with E-state index in [0.29, 0.717) is 11.2 Å². The van der Waals surface area contributed by atoms with E-state index in [9.17, 15) is 0 Å². The molecular formula is C28H28N4O2S. The van der Waals surface area contributed by atoms with Crippen molar-refractivity contribution in [2.24, 2.45) is 0 Å². The van der Waals surface area contributed by atoms with E-state index in [4.69, 9.17) is 21.7 Å². The van der Waals surface area contributed by atoms with Gasteiger partial charge in [-0.3, -0.25) is 4.98 Å². The minimum absolute atomic E-state index is 0.0526. The van der Waals surface area contributed by atoms with Crippen LogP contribution in [-0.4, -0.2) is 21.8 Å². The summed E-state index contributed by atoms with van der Waals surface area (Å²) < 4.78 is 13.5. The van der Waals surface area contributed by atoms with Crippen LogP contribution in [0.5, 0.6) is 17.2 Å². The average molecular weight is 485 g/mol. The van der Waals surface area contributed by atoms with Crippen molar-refractivity contribution < 1.29 is 9.47 Å². The van der Waals surface area contributed by atoms with Crippen LogP contribution < -0.4 is 19.7 Å². The van der Waals surface area contributed by atoms with Crippen molar-refractivity contribution in [2.75, 3.05) is 12.0 Å². The summed E-state index contributed by atoms with van der Waals surface area (Å²) in [5.74, 6) is 2.29. The first-order valence-electron chi connectivity index (χ1n) is 11.6. The van der Waals surface area contributed by atoms with E-state index in [2.05, 4.69) is 51.9 Å². The molecule has 2 aromatic carbocycles. The molecule has 0 aliphatic carbocycles. The van der Waals surface area contributed by atoms with Gasteiger partial charge in [-0.2, -0.15) is 0 Å². The van der Waals surface area contributed by atoms with Gasteiger partial charge in [-0.25, -0.2) is 0 Å². The molecule has 1 aliphatic rings. The number of hydrogen-bond acceptors (Lipinski definition) is 4. The second kappa shape index (κ2) is 9.80. The highest BCUT2D eigenvalue weighted by Crippen LogP contribution is 2.42. The van der Waals surface area contributed by atoms with Gasteiger partial charge in [0.2, 0.25) is 0 Å². The van der Waals surface area contributed by atoms with E-state index < -0.39 is 0 Å². The summed E-state index contributed by atoms with van der Waals surface area (Å²) in [5, 5.41) is 4.20. The monoisotopic (exact) mass is 484 g/mol. The molecule has 6 nitrogen and oxygen atoms in total. The minimum atomic E-state index is -0.0775. The van der Waals surface area contributed by atoms with Gasteiger partial charge in [0.1, 0.15) is 23.3 Å². The molecule has 1 fully saturated rings. The van der Waals surface area contributed by atoms with E-state index in [1.54, 1.807) is 7.11 Å². The molecule has 2 atom stereocenters. The zero-order valence-electron chi connectivity index (χ0n) is 20.0. The molecule has 7 heteroatoms. The fourth-order valence-electron chi connectivity index (χ4n) is 4.52. The third-order valence-electron chi connectivity index (χ3n) is 6.18. The quantitative estimate of drug-likeness (QED) is 0.305. The zero-order chi connectivity index (χ0) is 24.4. The van der Waals surface area contributed by atoms with Crippen molar-refractivity contribution in [2.45, 2.75) is 32.0 Å². The van der Waals surface area contributed by atoms with Crippen molar-refractivity contribution in [1.29, 1.82) is 0 Å². The molecule has 5 rings (SSSR count). The number of benzene rings is 2. The number of rotatable bonds is 7. The number of pyridine rings is 1. The van der Waals surface area contributed by atoms with Crippen LogP contribution in [0.15, 0.2) is 91.3 Å². The lowest BCUT2D eigenvalue weighted by Crippen LogP contribution is -2.30. The maximum atomic E-state index is 6.03. The lowest BCUT2D eigenvalue weighted by atomic mass is 10.0. The Hall–Kier alpha value is -3.84. The molecule has 1 aliphatic heterocycles. The van der Waals surface area contributed by atoms with Gasteiger partial charge < -0.3 is 24.3 Å². The van der Waals surface area contributed by atoms with E-state index >= 15 is 0 Å². The minimum Gasteiger partial charge on any atom is -0.497 e. The van der Waals surface area contributed by atoms with Crippen LogP contribution in [0.2, 0.25) is 0 Å². The standard InChI is InChI=1S/C28H28N4O2S/c1-19(2)31-18-6-8-25(31)27-26(24-7-4-5-17-29-24)30-28(35)32(27)20-9-11-22(12-10-20)34-23-15-13-21(33-3)14-16-23/h4-19,26-27H,1-3H3,(H,30,35)/t26-,27-/m1/s1. The van der Waals surface area contributed by atoms with Gasteiger partial charge in [0.25, 0.3) is 0 Å². The molecule has 0 unspecified atom stereocenters. The second-order valence-corrected chi connectivity index (χ2v) is 9.09. The highest BCUT2D eigenvalue weighted by atomic mass is 32.1. The summed E-state index contributed by atoms with van der Waals surface area (Å²) in [5.41, 5.74) is 3.13. The summed E-state index contributed by atoms with van der Waals surface area (Å²) in [4.78, 5) is 6.82. The zero-order valence-corrected chi connectivity index (χ0v) is 20.8. The van der Waals surface area contributed by atoms with Gasteiger partial charge in [-0.1, -0.05) is 6.07 Å². The van der Waals surface area contributed by atoms with E-state index in [1.807, 2.05) is 72.9 Å². The first kappa shape index (κ1) is 22.9. The summed E-state index contributed by atoms with van der Waals surface area (Å²) >= 11 is 5.86. The van der Waals surface area contributed by atoms with Crippen molar-refractivity contribution in [3.8, 4) is 17.2 Å². The Morgan fingerprint density at radius 3 is 2.20 bits per heavy atom. The predicted octanol–water partition coefficient (Wildman–Crippen LogP) is 6.44. The summed E-state index contributed by atoms with van der Waals surface area (Å²) in [6, 6.07) is 26.0. The van der Waals surface area contributed by atoms with Crippen LogP contribution >= 0.6 is 12.2 Å². The fraction of sp³-hybridized carbons (Fsp3) is 0.214. The number of thiocarbonyl (C=S) groups is 1. The summed E-state index contributed by atoms with van der Waals surface area (Å²) in [6.45, 7) is 4.38. The van der Waals surface area contributed by atoms with Gasteiger partial charge in [0.15, 0.2) is 5.11 Å². The normalized spacial score (nSPS) is 17.5. The first-order chi connectivity index (χ1) is 17.0. The first-order valence-corrected chi connectivity index (χ1v) is 12.1. The van der Waals surface area contributed by atoms with Crippen LogP contribution in [0.25, 0.3) is 0 Å². The Balaban J connectivity index is 1.48. The number of hydrogen-bond donors (Lipinski definition) is 1. The third-order valence-corrected chi connectivity index (χ3v) is 6.49. The maximum Gasteiger partial charge on any atom is 0.174 e. The highest BCUT2D eigenvalue weighted by molar-refractivity contribution is 7.80. The van der Waals surface area contributed by atoms with Crippen LogP contribution in [0.3, 0.4) is 0 Å². The molecule has 0 saturated carbocycles. The van der Waals surface area contributed by atoms with E-state index in [0.717, 1.165) is 28.6 Å².